The van der Waals surface area contributed by atoms with Crippen LogP contribution in [0.5, 0.6) is 0 Å². The summed E-state index contributed by atoms with van der Waals surface area (Å²) in [5, 5.41) is 12.8. The number of aromatic nitrogens is 2. The minimum atomic E-state index is -4.52. The van der Waals surface area contributed by atoms with Crippen LogP contribution in [0.4, 0.5) is 18.0 Å². The Balaban J connectivity index is 1.91. The van der Waals surface area contributed by atoms with Gasteiger partial charge in [-0.2, -0.15) is 18.3 Å². The van der Waals surface area contributed by atoms with E-state index in [9.17, 15) is 18.0 Å². The van der Waals surface area contributed by atoms with E-state index in [1.165, 1.54) is 13.2 Å². The van der Waals surface area contributed by atoms with E-state index in [1.807, 2.05) is 27.7 Å². The highest BCUT2D eigenvalue weighted by molar-refractivity contribution is 5.80. The van der Waals surface area contributed by atoms with Gasteiger partial charge in [0.25, 0.3) is 0 Å². The number of guanidine groups is 1. The lowest BCUT2D eigenvalue weighted by Crippen LogP contribution is -2.48. The zero-order valence-electron chi connectivity index (χ0n) is 18.8. The highest BCUT2D eigenvalue weighted by Gasteiger charge is 2.36. The lowest BCUT2D eigenvalue weighted by Gasteiger charge is -2.31. The minimum absolute atomic E-state index is 0.0254. The van der Waals surface area contributed by atoms with Crippen LogP contribution in [0.1, 0.15) is 64.6 Å². The molecule has 1 saturated carbocycles. The van der Waals surface area contributed by atoms with E-state index < -0.39 is 23.6 Å². The number of aliphatic imine (C=N–C) groups is 1. The molecule has 0 radical (unpaired) electrons. The van der Waals surface area contributed by atoms with Crippen molar-refractivity contribution < 1.29 is 22.7 Å². The Kier molecular flexibility index (Phi) is 8.19. The van der Waals surface area contributed by atoms with E-state index in [-0.39, 0.29) is 24.2 Å². The standard InChI is InChI=1S/C20H33F3N6O2/c1-6-24-17(25-11-13-12-29(5)28-16(13)20(21,22)23)26-14-7-9-15(10-8-14)27-18(30)31-19(2,3)4/h12,14-15H,6-11H2,1-5H3,(H,27,30)(H2,24,25,26). The van der Waals surface area contributed by atoms with Crippen LogP contribution < -0.4 is 16.0 Å². The molecule has 1 aromatic heterocycles. The Morgan fingerprint density at radius 2 is 1.77 bits per heavy atom. The van der Waals surface area contributed by atoms with Gasteiger partial charge < -0.3 is 20.7 Å². The summed E-state index contributed by atoms with van der Waals surface area (Å²) in [6.45, 7) is 7.80. The molecule has 0 aliphatic heterocycles. The van der Waals surface area contributed by atoms with E-state index in [1.54, 1.807) is 0 Å². The average molecular weight is 447 g/mol. The predicted octanol–water partition coefficient (Wildman–Crippen LogP) is 3.33. The van der Waals surface area contributed by atoms with Gasteiger partial charge in [-0.1, -0.05) is 0 Å². The molecule has 0 saturated heterocycles. The van der Waals surface area contributed by atoms with Crippen LogP contribution in [0.15, 0.2) is 11.2 Å². The molecule has 1 aromatic rings. The number of hydrogen-bond donors (Lipinski definition) is 3. The number of alkyl carbamates (subject to hydrolysis) is 1. The number of carbonyl (C=O) groups is 1. The summed E-state index contributed by atoms with van der Waals surface area (Å²) in [7, 11) is 1.45. The molecule has 1 aliphatic rings. The second-order valence-corrected chi connectivity index (χ2v) is 8.71. The number of carbonyl (C=O) groups excluding carboxylic acids is 1. The molecule has 1 aliphatic carbocycles. The second-order valence-electron chi connectivity index (χ2n) is 8.71. The van der Waals surface area contributed by atoms with Crippen molar-refractivity contribution in [2.45, 2.75) is 83.8 Å². The summed E-state index contributed by atoms with van der Waals surface area (Å²) in [6.07, 6.45) is -0.456. The van der Waals surface area contributed by atoms with Crippen LogP contribution in [0, 0.1) is 0 Å². The number of aryl methyl sites for hydroxylation is 1. The molecule has 2 rings (SSSR count). The van der Waals surface area contributed by atoms with Gasteiger partial charge >= 0.3 is 12.3 Å². The maximum atomic E-state index is 13.1. The first-order valence-electron chi connectivity index (χ1n) is 10.5. The fourth-order valence-corrected chi connectivity index (χ4v) is 3.43. The Morgan fingerprint density at radius 1 is 1.19 bits per heavy atom. The van der Waals surface area contributed by atoms with Gasteiger partial charge in [-0.15, -0.1) is 0 Å². The number of halogens is 3. The SMILES string of the molecule is CCNC(=NCc1cn(C)nc1C(F)(F)F)NC1CCC(NC(=O)OC(C)(C)C)CC1. The number of amides is 1. The monoisotopic (exact) mass is 446 g/mol. The van der Waals surface area contributed by atoms with Crippen LogP contribution >= 0.6 is 0 Å². The predicted molar refractivity (Wildman–Crippen MR) is 112 cm³/mol. The summed E-state index contributed by atoms with van der Waals surface area (Å²) < 4.78 is 45.8. The first kappa shape index (κ1) is 24.8. The van der Waals surface area contributed by atoms with Gasteiger partial charge in [0.05, 0.1) is 6.54 Å². The summed E-state index contributed by atoms with van der Waals surface area (Å²) in [6, 6.07) is 0.155. The van der Waals surface area contributed by atoms with Gasteiger partial charge in [0, 0.05) is 37.4 Å². The third-order valence-electron chi connectivity index (χ3n) is 4.71. The van der Waals surface area contributed by atoms with Crippen molar-refractivity contribution in [3.05, 3.63) is 17.5 Å². The van der Waals surface area contributed by atoms with Gasteiger partial charge in [0.2, 0.25) is 0 Å². The van der Waals surface area contributed by atoms with Crippen molar-refractivity contribution in [1.82, 2.24) is 25.7 Å². The molecule has 3 N–H and O–H groups in total. The first-order chi connectivity index (χ1) is 14.4. The van der Waals surface area contributed by atoms with Crippen molar-refractivity contribution in [2.24, 2.45) is 12.0 Å². The maximum absolute atomic E-state index is 13.1. The van der Waals surface area contributed by atoms with Crippen molar-refractivity contribution in [3.8, 4) is 0 Å². The molecule has 11 heteroatoms. The van der Waals surface area contributed by atoms with E-state index >= 15 is 0 Å². The Hall–Kier alpha value is -2.46. The van der Waals surface area contributed by atoms with Crippen LogP contribution in [-0.4, -0.2) is 46.1 Å². The molecule has 1 heterocycles. The van der Waals surface area contributed by atoms with E-state index in [0.717, 1.165) is 30.4 Å². The van der Waals surface area contributed by atoms with Crippen molar-refractivity contribution in [3.63, 3.8) is 0 Å². The van der Waals surface area contributed by atoms with Crippen molar-refractivity contribution in [2.75, 3.05) is 6.54 Å². The van der Waals surface area contributed by atoms with Crippen molar-refractivity contribution >= 4 is 12.1 Å². The zero-order chi connectivity index (χ0) is 23.2. The topological polar surface area (TPSA) is 92.6 Å². The van der Waals surface area contributed by atoms with Crippen LogP contribution in [-0.2, 0) is 24.5 Å². The van der Waals surface area contributed by atoms with Crippen LogP contribution in [0.2, 0.25) is 0 Å². The van der Waals surface area contributed by atoms with Crippen LogP contribution in [0.25, 0.3) is 0 Å². The number of nitrogens with zero attached hydrogens (tertiary/aromatic N) is 3. The Labute approximate surface area is 181 Å². The maximum Gasteiger partial charge on any atom is 0.435 e. The van der Waals surface area contributed by atoms with Gasteiger partial charge in [-0.3, -0.25) is 4.68 Å². The molecule has 176 valence electrons. The van der Waals surface area contributed by atoms with Gasteiger partial charge in [-0.05, 0) is 53.4 Å². The molecular weight excluding hydrogens is 413 g/mol. The smallest absolute Gasteiger partial charge is 0.435 e. The molecule has 0 bridgehead atoms. The molecule has 8 nitrogen and oxygen atoms in total. The fourth-order valence-electron chi connectivity index (χ4n) is 3.43. The van der Waals surface area contributed by atoms with Gasteiger partial charge in [-0.25, -0.2) is 9.79 Å². The molecule has 0 aromatic carbocycles. The van der Waals surface area contributed by atoms with Crippen LogP contribution in [0.3, 0.4) is 0 Å². The quantitative estimate of drug-likeness (QED) is 0.477. The first-order valence-corrected chi connectivity index (χ1v) is 10.5. The third kappa shape index (κ3) is 8.29. The summed E-state index contributed by atoms with van der Waals surface area (Å²) in [4.78, 5) is 16.3. The molecule has 1 fully saturated rings. The Bertz CT molecular complexity index is 762. The number of alkyl halides is 3. The third-order valence-corrected chi connectivity index (χ3v) is 4.71. The van der Waals surface area contributed by atoms with Gasteiger partial charge in [0.1, 0.15) is 5.60 Å². The lowest BCUT2D eigenvalue weighted by molar-refractivity contribution is -0.142. The van der Waals surface area contributed by atoms with Crippen molar-refractivity contribution in [1.29, 1.82) is 0 Å². The molecule has 31 heavy (non-hydrogen) atoms. The fraction of sp³-hybridized carbons (Fsp3) is 0.750. The van der Waals surface area contributed by atoms with E-state index in [0.29, 0.717) is 12.5 Å². The highest BCUT2D eigenvalue weighted by atomic mass is 19.4. The lowest BCUT2D eigenvalue weighted by atomic mass is 9.91. The molecule has 0 spiro atoms. The number of hydrogen-bond acceptors (Lipinski definition) is 4. The molecule has 0 unspecified atom stereocenters. The highest BCUT2D eigenvalue weighted by Crippen LogP contribution is 2.30. The molecular formula is C20H33F3N6O2. The van der Waals surface area contributed by atoms with Gasteiger partial charge in [0.15, 0.2) is 11.7 Å². The summed E-state index contributed by atoms with van der Waals surface area (Å²) in [5.41, 5.74) is -1.43. The Morgan fingerprint density at radius 3 is 2.29 bits per heavy atom. The normalized spacial score (nSPS) is 20.3. The molecule has 0 atom stereocenters. The van der Waals surface area contributed by atoms with E-state index in [2.05, 4.69) is 26.0 Å². The number of rotatable bonds is 5. The largest absolute Gasteiger partial charge is 0.444 e. The second kappa shape index (κ2) is 10.2. The summed E-state index contributed by atoms with van der Waals surface area (Å²) >= 11 is 0. The summed E-state index contributed by atoms with van der Waals surface area (Å²) in [5.74, 6) is 0.461. The molecule has 1 amide bonds. The zero-order valence-corrected chi connectivity index (χ0v) is 18.8. The average Bonchev–Trinajstić information content (AvgIpc) is 3.01. The van der Waals surface area contributed by atoms with E-state index in [4.69, 9.17) is 4.74 Å². The number of nitrogens with one attached hydrogen (secondary N) is 3. The minimum Gasteiger partial charge on any atom is -0.444 e. The number of ether oxygens (including phenoxy) is 1.